The van der Waals surface area contributed by atoms with Gasteiger partial charge in [-0.1, -0.05) is 0 Å². The summed E-state index contributed by atoms with van der Waals surface area (Å²) in [5.74, 6) is 1.83. The second kappa shape index (κ2) is 4.01. The minimum absolute atomic E-state index is 0.0925. The number of hydrogen-bond donors (Lipinski definition) is 1. The maximum absolute atomic E-state index is 6.19. The zero-order chi connectivity index (χ0) is 11.8. The van der Waals surface area contributed by atoms with Crippen LogP contribution in [0.4, 0.5) is 0 Å². The molecule has 2 N–H and O–H groups in total. The Kier molecular flexibility index (Phi) is 2.49. The molecular weight excluding hydrogens is 234 g/mol. The third-order valence-corrected chi connectivity index (χ3v) is 3.54. The molecule has 0 fully saturated rings. The zero-order valence-corrected chi connectivity index (χ0v) is 10.3. The number of nitrogens with two attached hydrogens (primary N) is 1. The van der Waals surface area contributed by atoms with Gasteiger partial charge in [0.2, 0.25) is 0 Å². The van der Waals surface area contributed by atoms with Crippen molar-refractivity contribution in [2.24, 2.45) is 5.73 Å². The molecule has 0 saturated heterocycles. The monoisotopic (exact) mass is 247 g/mol. The molecule has 0 aliphatic heterocycles. The third kappa shape index (κ3) is 1.87. The number of thiazole rings is 1. The summed E-state index contributed by atoms with van der Waals surface area (Å²) in [7, 11) is 0. The van der Waals surface area contributed by atoms with Gasteiger partial charge >= 0.3 is 0 Å². The Hall–Kier alpha value is -1.59. The highest BCUT2D eigenvalue weighted by Gasteiger charge is 2.14. The van der Waals surface area contributed by atoms with E-state index in [1.807, 2.05) is 41.2 Å². The van der Waals surface area contributed by atoms with Gasteiger partial charge in [-0.2, -0.15) is 0 Å². The van der Waals surface area contributed by atoms with Crippen LogP contribution < -0.4 is 5.73 Å². The molecular formula is C12H13N3OS. The molecule has 0 amide bonds. The fourth-order valence-electron chi connectivity index (χ4n) is 1.94. The van der Waals surface area contributed by atoms with E-state index < -0.39 is 0 Å². The van der Waals surface area contributed by atoms with E-state index in [0.29, 0.717) is 6.42 Å². The van der Waals surface area contributed by atoms with Crippen molar-refractivity contribution in [1.82, 2.24) is 9.38 Å². The summed E-state index contributed by atoms with van der Waals surface area (Å²) >= 11 is 1.61. The second-order valence-corrected chi connectivity index (χ2v) is 4.93. The predicted octanol–water partition coefficient (Wildman–Crippen LogP) is 2.54. The van der Waals surface area contributed by atoms with Crippen LogP contribution in [-0.4, -0.2) is 9.38 Å². The number of aromatic nitrogens is 2. The van der Waals surface area contributed by atoms with Crippen LogP contribution in [0.3, 0.4) is 0 Å². The number of imidazole rings is 1. The SMILES string of the molecule is Cc1ccc(CC(N)c2cnc3sccn23)o1. The lowest BCUT2D eigenvalue weighted by Crippen LogP contribution is -2.14. The van der Waals surface area contributed by atoms with Gasteiger partial charge < -0.3 is 10.2 Å². The number of hydrogen-bond acceptors (Lipinski definition) is 4. The fourth-order valence-corrected chi connectivity index (χ4v) is 2.63. The molecule has 3 heterocycles. The van der Waals surface area contributed by atoms with Crippen molar-refractivity contribution in [3.8, 4) is 0 Å². The Bertz CT molecular complexity index is 637. The molecule has 5 heteroatoms. The number of rotatable bonds is 3. The zero-order valence-electron chi connectivity index (χ0n) is 9.46. The van der Waals surface area contributed by atoms with Gasteiger partial charge in [-0.15, -0.1) is 11.3 Å². The van der Waals surface area contributed by atoms with E-state index in [1.165, 1.54) is 0 Å². The maximum atomic E-state index is 6.19. The molecule has 0 aromatic carbocycles. The smallest absolute Gasteiger partial charge is 0.193 e. The van der Waals surface area contributed by atoms with Gasteiger partial charge in [0.1, 0.15) is 11.5 Å². The molecule has 0 radical (unpaired) electrons. The summed E-state index contributed by atoms with van der Waals surface area (Å²) in [5, 5.41) is 2.01. The lowest BCUT2D eigenvalue weighted by Gasteiger charge is -2.08. The molecule has 0 aliphatic carbocycles. The molecule has 0 saturated carbocycles. The van der Waals surface area contributed by atoms with Crippen molar-refractivity contribution in [3.63, 3.8) is 0 Å². The van der Waals surface area contributed by atoms with Crippen molar-refractivity contribution in [2.75, 3.05) is 0 Å². The van der Waals surface area contributed by atoms with E-state index in [4.69, 9.17) is 10.2 Å². The lowest BCUT2D eigenvalue weighted by atomic mass is 10.1. The fraction of sp³-hybridized carbons (Fsp3) is 0.250. The molecule has 0 spiro atoms. The molecule has 0 aliphatic rings. The molecule has 1 unspecified atom stereocenters. The summed E-state index contributed by atoms with van der Waals surface area (Å²) in [4.78, 5) is 5.30. The first-order valence-corrected chi connectivity index (χ1v) is 6.33. The molecule has 3 aromatic rings. The molecule has 17 heavy (non-hydrogen) atoms. The number of fused-ring (bicyclic) bond motifs is 1. The van der Waals surface area contributed by atoms with Gasteiger partial charge in [0.15, 0.2) is 4.96 Å². The highest BCUT2D eigenvalue weighted by molar-refractivity contribution is 7.15. The average molecular weight is 247 g/mol. The van der Waals surface area contributed by atoms with Crippen molar-refractivity contribution in [3.05, 3.63) is 47.1 Å². The normalized spacial score (nSPS) is 13.3. The Morgan fingerprint density at radius 1 is 1.53 bits per heavy atom. The van der Waals surface area contributed by atoms with E-state index >= 15 is 0 Å². The van der Waals surface area contributed by atoms with Gasteiger partial charge in [-0.05, 0) is 19.1 Å². The standard InChI is InChI=1S/C12H13N3OS/c1-8-2-3-9(16-8)6-10(13)11-7-14-12-15(11)4-5-17-12/h2-5,7,10H,6,13H2,1H3. The summed E-state index contributed by atoms with van der Waals surface area (Å²) in [5.41, 5.74) is 7.21. The first kappa shape index (κ1) is 10.6. The Labute approximate surface area is 103 Å². The Balaban J connectivity index is 1.87. The van der Waals surface area contributed by atoms with Crippen LogP contribution in [0.5, 0.6) is 0 Å². The molecule has 4 nitrogen and oxygen atoms in total. The molecule has 88 valence electrons. The first-order valence-electron chi connectivity index (χ1n) is 5.45. The highest BCUT2D eigenvalue weighted by Crippen LogP contribution is 2.21. The lowest BCUT2D eigenvalue weighted by molar-refractivity contribution is 0.464. The van der Waals surface area contributed by atoms with Crippen molar-refractivity contribution in [1.29, 1.82) is 0 Å². The predicted molar refractivity (Wildman–Crippen MR) is 67.1 cm³/mol. The average Bonchev–Trinajstić information content (AvgIpc) is 2.93. The van der Waals surface area contributed by atoms with Crippen LogP contribution in [0, 0.1) is 6.92 Å². The Morgan fingerprint density at radius 3 is 3.18 bits per heavy atom. The van der Waals surface area contributed by atoms with E-state index in [2.05, 4.69) is 4.98 Å². The maximum Gasteiger partial charge on any atom is 0.193 e. The van der Waals surface area contributed by atoms with Crippen LogP contribution in [0.15, 0.2) is 34.3 Å². The van der Waals surface area contributed by atoms with E-state index in [0.717, 1.165) is 22.2 Å². The van der Waals surface area contributed by atoms with Crippen LogP contribution in [-0.2, 0) is 6.42 Å². The number of aryl methyl sites for hydroxylation is 1. The van der Waals surface area contributed by atoms with Crippen molar-refractivity contribution < 1.29 is 4.42 Å². The van der Waals surface area contributed by atoms with E-state index in [-0.39, 0.29) is 6.04 Å². The van der Waals surface area contributed by atoms with Crippen LogP contribution in [0.1, 0.15) is 23.3 Å². The van der Waals surface area contributed by atoms with Crippen LogP contribution in [0.25, 0.3) is 4.96 Å². The van der Waals surface area contributed by atoms with Gasteiger partial charge in [-0.25, -0.2) is 4.98 Å². The summed E-state index contributed by atoms with van der Waals surface area (Å²) in [6.07, 6.45) is 4.53. The molecule has 1 atom stereocenters. The molecule has 3 rings (SSSR count). The van der Waals surface area contributed by atoms with Gasteiger partial charge in [0, 0.05) is 18.0 Å². The highest BCUT2D eigenvalue weighted by atomic mass is 32.1. The number of furan rings is 1. The minimum atomic E-state index is -0.0925. The van der Waals surface area contributed by atoms with Crippen LogP contribution >= 0.6 is 11.3 Å². The summed E-state index contributed by atoms with van der Waals surface area (Å²) in [6, 6.07) is 3.84. The van der Waals surface area contributed by atoms with E-state index in [1.54, 1.807) is 11.3 Å². The summed E-state index contributed by atoms with van der Waals surface area (Å²) < 4.78 is 7.57. The second-order valence-electron chi connectivity index (χ2n) is 4.06. The van der Waals surface area contributed by atoms with Gasteiger partial charge in [0.05, 0.1) is 17.9 Å². The third-order valence-electron chi connectivity index (χ3n) is 2.77. The first-order chi connectivity index (χ1) is 8.24. The minimum Gasteiger partial charge on any atom is -0.466 e. The topological polar surface area (TPSA) is 56.5 Å². The quantitative estimate of drug-likeness (QED) is 0.773. The molecule has 0 bridgehead atoms. The Morgan fingerprint density at radius 2 is 2.41 bits per heavy atom. The van der Waals surface area contributed by atoms with E-state index in [9.17, 15) is 0 Å². The van der Waals surface area contributed by atoms with Crippen molar-refractivity contribution >= 4 is 16.3 Å². The van der Waals surface area contributed by atoms with Gasteiger partial charge in [0.25, 0.3) is 0 Å². The molecule has 3 aromatic heterocycles. The largest absolute Gasteiger partial charge is 0.466 e. The number of nitrogens with zero attached hydrogens (tertiary/aromatic N) is 2. The van der Waals surface area contributed by atoms with Crippen LogP contribution in [0.2, 0.25) is 0 Å². The van der Waals surface area contributed by atoms with Crippen molar-refractivity contribution in [2.45, 2.75) is 19.4 Å². The summed E-state index contributed by atoms with van der Waals surface area (Å²) in [6.45, 7) is 1.94. The van der Waals surface area contributed by atoms with Gasteiger partial charge in [-0.3, -0.25) is 4.40 Å².